The van der Waals surface area contributed by atoms with E-state index in [1.807, 2.05) is 18.4 Å². The molecule has 3 N–H and O–H groups in total. The van der Waals surface area contributed by atoms with Crippen molar-refractivity contribution in [2.45, 2.75) is 78.2 Å². The zero-order valence-electron chi connectivity index (χ0n) is 16.3. The quantitative estimate of drug-likeness (QED) is 0.757. The summed E-state index contributed by atoms with van der Waals surface area (Å²) in [6.45, 7) is 8.42. The van der Waals surface area contributed by atoms with E-state index in [9.17, 15) is 0 Å². The van der Waals surface area contributed by atoms with Crippen LogP contribution >= 0.6 is 11.6 Å². The Bertz CT molecular complexity index is 616. The standard InChI is InChI=1S/C16H23ClN4.C2H6.CH5N/c1-3-11(4-2)14-9-15(19-12-7-5-6-8-12)21-16(20-14)13(17)10-18-21;2*1-2/h9-12,19H,3-8H2,1-2H3;1-2H3;2H2,1H3. The second-order valence-electron chi connectivity index (χ2n) is 5.93. The van der Waals surface area contributed by atoms with Gasteiger partial charge in [0.1, 0.15) is 10.8 Å². The highest BCUT2D eigenvalue weighted by Crippen LogP contribution is 2.29. The Kier molecular flexibility index (Phi) is 9.83. The molecule has 0 radical (unpaired) electrons. The third-order valence-corrected chi connectivity index (χ3v) is 4.83. The molecule has 6 heteroatoms. The van der Waals surface area contributed by atoms with Gasteiger partial charge in [-0.25, -0.2) is 4.98 Å². The average Bonchev–Trinajstić information content (AvgIpc) is 3.30. The minimum Gasteiger partial charge on any atom is -0.367 e. The van der Waals surface area contributed by atoms with E-state index in [-0.39, 0.29) is 0 Å². The molecule has 0 bridgehead atoms. The van der Waals surface area contributed by atoms with Gasteiger partial charge in [0.05, 0.1) is 6.20 Å². The largest absolute Gasteiger partial charge is 0.367 e. The third-order valence-electron chi connectivity index (χ3n) is 4.56. The SMILES string of the molecule is CC.CCC(CC)c1cc(NC2CCCC2)n2ncc(Cl)c2n1.CN. The fraction of sp³-hybridized carbons (Fsp3) is 0.684. The molecule has 0 atom stereocenters. The van der Waals surface area contributed by atoms with E-state index in [2.05, 4.69) is 36.1 Å². The van der Waals surface area contributed by atoms with Crippen LogP contribution in [0.3, 0.4) is 0 Å². The summed E-state index contributed by atoms with van der Waals surface area (Å²) in [7, 11) is 1.50. The first-order chi connectivity index (χ1) is 12.2. The molecule has 2 heterocycles. The average molecular weight is 368 g/mol. The van der Waals surface area contributed by atoms with Gasteiger partial charge in [0, 0.05) is 23.7 Å². The summed E-state index contributed by atoms with van der Waals surface area (Å²) in [4.78, 5) is 4.74. The molecule has 0 amide bonds. The van der Waals surface area contributed by atoms with Crippen LogP contribution in [0.5, 0.6) is 0 Å². The zero-order valence-corrected chi connectivity index (χ0v) is 17.1. The highest BCUT2D eigenvalue weighted by molar-refractivity contribution is 6.33. The van der Waals surface area contributed by atoms with Crippen LogP contribution in [0.25, 0.3) is 5.65 Å². The Morgan fingerprint density at radius 3 is 2.40 bits per heavy atom. The Hall–Kier alpha value is -1.33. The first-order valence-corrected chi connectivity index (χ1v) is 9.99. The monoisotopic (exact) mass is 367 g/mol. The third kappa shape index (κ3) is 5.32. The molecule has 2 aromatic rings. The second kappa shape index (κ2) is 11.3. The van der Waals surface area contributed by atoms with Crippen molar-refractivity contribution >= 4 is 23.1 Å². The van der Waals surface area contributed by atoms with Gasteiger partial charge in [0.15, 0.2) is 5.65 Å². The summed E-state index contributed by atoms with van der Waals surface area (Å²) >= 11 is 6.25. The summed E-state index contributed by atoms with van der Waals surface area (Å²) in [5.74, 6) is 1.51. The van der Waals surface area contributed by atoms with Crippen LogP contribution in [0, 0.1) is 0 Å². The topological polar surface area (TPSA) is 68.2 Å². The lowest BCUT2D eigenvalue weighted by atomic mass is 9.99. The number of nitrogens with zero attached hydrogens (tertiary/aromatic N) is 3. The Labute approximate surface area is 157 Å². The minimum atomic E-state index is 0.477. The number of nitrogens with two attached hydrogens (primary N) is 1. The molecular formula is C19H34ClN5. The summed E-state index contributed by atoms with van der Waals surface area (Å²) in [6.07, 6.45) is 8.96. The highest BCUT2D eigenvalue weighted by Gasteiger charge is 2.19. The first-order valence-electron chi connectivity index (χ1n) is 9.61. The molecule has 0 spiro atoms. The lowest BCUT2D eigenvalue weighted by Gasteiger charge is -2.18. The van der Waals surface area contributed by atoms with Crippen LogP contribution in [-0.4, -0.2) is 27.7 Å². The van der Waals surface area contributed by atoms with Gasteiger partial charge in [0.2, 0.25) is 0 Å². The van der Waals surface area contributed by atoms with Crippen LogP contribution in [0.15, 0.2) is 12.3 Å². The molecule has 142 valence electrons. The summed E-state index contributed by atoms with van der Waals surface area (Å²) in [5.41, 5.74) is 6.39. The molecule has 0 saturated heterocycles. The molecular weight excluding hydrogens is 334 g/mol. The van der Waals surface area contributed by atoms with Crippen molar-refractivity contribution < 1.29 is 0 Å². The van der Waals surface area contributed by atoms with Crippen molar-refractivity contribution in [1.82, 2.24) is 14.6 Å². The second-order valence-corrected chi connectivity index (χ2v) is 6.34. The highest BCUT2D eigenvalue weighted by atomic mass is 35.5. The number of anilines is 1. The van der Waals surface area contributed by atoms with Gasteiger partial charge in [-0.05, 0) is 32.7 Å². The normalized spacial score (nSPS) is 14.1. The maximum Gasteiger partial charge on any atom is 0.176 e. The lowest BCUT2D eigenvalue weighted by Crippen LogP contribution is -2.18. The molecule has 3 rings (SSSR count). The molecule has 0 aromatic carbocycles. The van der Waals surface area contributed by atoms with Gasteiger partial charge in [-0.1, -0.05) is 52.1 Å². The molecule has 5 nitrogen and oxygen atoms in total. The maximum atomic E-state index is 6.25. The summed E-state index contributed by atoms with van der Waals surface area (Å²) in [5, 5.41) is 8.64. The van der Waals surface area contributed by atoms with Crippen molar-refractivity contribution in [2.75, 3.05) is 12.4 Å². The van der Waals surface area contributed by atoms with Gasteiger partial charge < -0.3 is 11.1 Å². The van der Waals surface area contributed by atoms with Gasteiger partial charge in [0.25, 0.3) is 0 Å². The number of hydrogen-bond donors (Lipinski definition) is 2. The molecule has 0 aliphatic heterocycles. The molecule has 1 aliphatic rings. The number of halogens is 1. The Morgan fingerprint density at radius 1 is 1.24 bits per heavy atom. The van der Waals surface area contributed by atoms with E-state index in [1.165, 1.54) is 32.7 Å². The Morgan fingerprint density at radius 2 is 1.84 bits per heavy atom. The Balaban J connectivity index is 0.000000730. The molecule has 2 aromatic heterocycles. The van der Waals surface area contributed by atoms with Gasteiger partial charge >= 0.3 is 0 Å². The number of fused-ring (bicyclic) bond motifs is 1. The van der Waals surface area contributed by atoms with Crippen molar-refractivity contribution in [3.63, 3.8) is 0 Å². The van der Waals surface area contributed by atoms with E-state index < -0.39 is 0 Å². The van der Waals surface area contributed by atoms with Crippen molar-refractivity contribution in [3.8, 4) is 0 Å². The number of rotatable bonds is 5. The van der Waals surface area contributed by atoms with Crippen LogP contribution in [0.2, 0.25) is 5.02 Å². The summed E-state index contributed by atoms with van der Waals surface area (Å²) in [6, 6.07) is 2.71. The maximum absolute atomic E-state index is 6.25. The fourth-order valence-electron chi connectivity index (χ4n) is 3.25. The van der Waals surface area contributed by atoms with Crippen LogP contribution in [0.4, 0.5) is 5.82 Å². The van der Waals surface area contributed by atoms with Gasteiger partial charge in [-0.3, -0.25) is 0 Å². The van der Waals surface area contributed by atoms with Gasteiger partial charge in [-0.15, -0.1) is 0 Å². The van der Waals surface area contributed by atoms with Crippen molar-refractivity contribution in [1.29, 1.82) is 0 Å². The van der Waals surface area contributed by atoms with Crippen molar-refractivity contribution in [3.05, 3.63) is 23.0 Å². The predicted molar refractivity (Wildman–Crippen MR) is 109 cm³/mol. The van der Waals surface area contributed by atoms with Crippen LogP contribution in [-0.2, 0) is 0 Å². The number of hydrogen-bond acceptors (Lipinski definition) is 4. The van der Waals surface area contributed by atoms with Crippen molar-refractivity contribution in [2.24, 2.45) is 5.73 Å². The van der Waals surface area contributed by atoms with E-state index in [4.69, 9.17) is 16.6 Å². The fourth-order valence-corrected chi connectivity index (χ4v) is 3.42. The first kappa shape index (κ1) is 21.7. The predicted octanol–water partition coefficient (Wildman–Crippen LogP) is 5.24. The number of nitrogens with one attached hydrogen (secondary N) is 1. The molecule has 1 saturated carbocycles. The van der Waals surface area contributed by atoms with E-state index in [1.54, 1.807) is 6.20 Å². The van der Waals surface area contributed by atoms with E-state index >= 15 is 0 Å². The zero-order chi connectivity index (χ0) is 18.8. The summed E-state index contributed by atoms with van der Waals surface area (Å²) < 4.78 is 1.84. The molecule has 1 fully saturated rings. The van der Waals surface area contributed by atoms with E-state index in [0.29, 0.717) is 17.0 Å². The van der Waals surface area contributed by atoms with Crippen LogP contribution in [0.1, 0.15) is 77.8 Å². The molecule has 0 unspecified atom stereocenters. The van der Waals surface area contributed by atoms with Crippen LogP contribution < -0.4 is 11.1 Å². The lowest BCUT2D eigenvalue weighted by molar-refractivity contribution is 0.621. The smallest absolute Gasteiger partial charge is 0.176 e. The molecule has 25 heavy (non-hydrogen) atoms. The van der Waals surface area contributed by atoms with Gasteiger partial charge in [-0.2, -0.15) is 9.61 Å². The number of aromatic nitrogens is 3. The minimum absolute atomic E-state index is 0.477. The van der Waals surface area contributed by atoms with E-state index in [0.717, 1.165) is 30.0 Å². The molecule has 1 aliphatic carbocycles.